The average molecular weight is 205 g/mol. The molecule has 1 amide bonds. The van der Waals surface area contributed by atoms with Crippen molar-refractivity contribution in [3.8, 4) is 12.3 Å². The number of carbonyl (C=O) groups is 1. The minimum Gasteiger partial charge on any atom is -0.331 e. The van der Waals surface area contributed by atoms with Crippen LogP contribution in [0.2, 0.25) is 0 Å². The highest BCUT2D eigenvalue weighted by Gasteiger charge is 2.10. The Hall–Kier alpha value is -1.76. The molecule has 0 saturated heterocycles. The van der Waals surface area contributed by atoms with E-state index in [9.17, 15) is 4.79 Å². The third-order valence-electron chi connectivity index (χ3n) is 2.25. The number of carbonyl (C=O) groups excluding carboxylic acids is 1. The molecule has 0 radical (unpaired) electrons. The summed E-state index contributed by atoms with van der Waals surface area (Å²) in [5.41, 5.74) is 1.97. The largest absolute Gasteiger partial charge is 0.331 e. The first kappa shape index (κ1) is 11.3. The van der Waals surface area contributed by atoms with Crippen LogP contribution < -0.4 is 0 Å². The number of aryl methyl sites for hydroxylation is 2. The Morgan fingerprint density at radius 1 is 1.73 bits per heavy atom. The fourth-order valence-electron chi connectivity index (χ4n) is 1.31. The highest BCUT2D eigenvalue weighted by atomic mass is 16.2. The maximum absolute atomic E-state index is 11.2. The molecule has 1 aromatic rings. The summed E-state index contributed by atoms with van der Waals surface area (Å²) >= 11 is 0. The Morgan fingerprint density at radius 2 is 2.40 bits per heavy atom. The van der Waals surface area contributed by atoms with Crippen LogP contribution in [0.25, 0.3) is 0 Å². The van der Waals surface area contributed by atoms with Gasteiger partial charge in [0.1, 0.15) is 0 Å². The molecular weight excluding hydrogens is 190 g/mol. The molecule has 0 unspecified atom stereocenters. The second-order valence-corrected chi connectivity index (χ2v) is 3.40. The van der Waals surface area contributed by atoms with E-state index in [4.69, 9.17) is 6.42 Å². The van der Waals surface area contributed by atoms with Gasteiger partial charge in [-0.25, -0.2) is 0 Å². The number of hydrogen-bond acceptors (Lipinski definition) is 2. The molecule has 0 aliphatic rings. The van der Waals surface area contributed by atoms with Gasteiger partial charge in [0.15, 0.2) is 0 Å². The van der Waals surface area contributed by atoms with Crippen LogP contribution in [-0.4, -0.2) is 27.6 Å². The molecule has 1 rings (SSSR count). The molecule has 0 spiro atoms. The third-order valence-corrected chi connectivity index (χ3v) is 2.25. The van der Waals surface area contributed by atoms with Gasteiger partial charge in [-0.1, -0.05) is 0 Å². The summed E-state index contributed by atoms with van der Waals surface area (Å²) in [7, 11) is 1.69. The van der Waals surface area contributed by atoms with Gasteiger partial charge in [-0.2, -0.15) is 5.10 Å². The van der Waals surface area contributed by atoms with E-state index in [-0.39, 0.29) is 5.91 Å². The Bertz CT molecular complexity index is 400. The van der Waals surface area contributed by atoms with Gasteiger partial charge in [0, 0.05) is 31.9 Å². The summed E-state index contributed by atoms with van der Waals surface area (Å²) in [6.45, 7) is 5.28. The van der Waals surface area contributed by atoms with Gasteiger partial charge < -0.3 is 4.90 Å². The number of aromatic nitrogens is 2. The van der Waals surface area contributed by atoms with Crippen LogP contribution in [0.4, 0.5) is 0 Å². The molecule has 4 heteroatoms. The SMILES string of the molecule is C#CC(=O)N(C)Cc1cn(CC)nc1C. The highest BCUT2D eigenvalue weighted by molar-refractivity contribution is 5.92. The summed E-state index contributed by atoms with van der Waals surface area (Å²) in [5, 5.41) is 4.29. The Labute approximate surface area is 89.9 Å². The molecule has 0 aliphatic heterocycles. The molecule has 15 heavy (non-hydrogen) atoms. The molecule has 0 aliphatic carbocycles. The molecule has 0 fully saturated rings. The molecule has 4 nitrogen and oxygen atoms in total. The Balaban J connectivity index is 2.77. The van der Waals surface area contributed by atoms with Gasteiger partial charge in [-0.05, 0) is 19.8 Å². The van der Waals surface area contributed by atoms with Gasteiger partial charge in [0.2, 0.25) is 0 Å². The summed E-state index contributed by atoms with van der Waals surface area (Å²) in [6.07, 6.45) is 6.97. The molecule has 1 aromatic heterocycles. The van der Waals surface area contributed by atoms with Gasteiger partial charge in [-0.3, -0.25) is 9.48 Å². The van der Waals surface area contributed by atoms with E-state index in [1.807, 2.05) is 24.7 Å². The fraction of sp³-hybridized carbons (Fsp3) is 0.455. The van der Waals surface area contributed by atoms with E-state index < -0.39 is 0 Å². The summed E-state index contributed by atoms with van der Waals surface area (Å²) in [6, 6.07) is 0. The van der Waals surface area contributed by atoms with Crippen LogP contribution in [0.5, 0.6) is 0 Å². The molecule has 80 valence electrons. The normalized spacial score (nSPS) is 9.73. The van der Waals surface area contributed by atoms with Gasteiger partial charge >= 0.3 is 0 Å². The number of terminal acetylenes is 1. The average Bonchev–Trinajstić information content (AvgIpc) is 2.58. The Kier molecular flexibility index (Phi) is 3.51. The number of rotatable bonds is 3. The second-order valence-electron chi connectivity index (χ2n) is 3.40. The minimum absolute atomic E-state index is 0.307. The van der Waals surface area contributed by atoms with Crippen molar-refractivity contribution in [3.63, 3.8) is 0 Å². The van der Waals surface area contributed by atoms with Crippen molar-refractivity contribution in [3.05, 3.63) is 17.5 Å². The first-order valence-corrected chi connectivity index (χ1v) is 4.83. The van der Waals surface area contributed by atoms with E-state index >= 15 is 0 Å². The first-order valence-electron chi connectivity index (χ1n) is 4.83. The van der Waals surface area contributed by atoms with Gasteiger partial charge in [-0.15, -0.1) is 6.42 Å². The standard InChI is InChI=1S/C11H15N3O/c1-5-11(15)13(4)7-10-8-14(6-2)12-9(10)3/h1,8H,6-7H2,2-4H3. The lowest BCUT2D eigenvalue weighted by atomic mass is 10.2. The molecule has 0 atom stereocenters. The minimum atomic E-state index is -0.307. The summed E-state index contributed by atoms with van der Waals surface area (Å²) in [4.78, 5) is 12.7. The first-order chi connectivity index (χ1) is 7.08. The van der Waals surface area contributed by atoms with Crippen molar-refractivity contribution >= 4 is 5.91 Å². The number of nitrogens with zero attached hydrogens (tertiary/aromatic N) is 3. The van der Waals surface area contributed by atoms with Crippen molar-refractivity contribution in [1.82, 2.24) is 14.7 Å². The van der Waals surface area contributed by atoms with Crippen LogP contribution >= 0.6 is 0 Å². The predicted molar refractivity (Wildman–Crippen MR) is 57.9 cm³/mol. The van der Waals surface area contributed by atoms with E-state index in [0.29, 0.717) is 6.54 Å². The zero-order valence-electron chi connectivity index (χ0n) is 9.32. The Morgan fingerprint density at radius 3 is 2.87 bits per heavy atom. The van der Waals surface area contributed by atoms with Gasteiger partial charge in [0.25, 0.3) is 5.91 Å². The maximum atomic E-state index is 11.2. The fourth-order valence-corrected chi connectivity index (χ4v) is 1.31. The van der Waals surface area contributed by atoms with Crippen LogP contribution in [-0.2, 0) is 17.9 Å². The molecule has 0 aromatic carbocycles. The van der Waals surface area contributed by atoms with Crippen molar-refractivity contribution in [2.75, 3.05) is 7.05 Å². The van der Waals surface area contributed by atoms with Crippen molar-refractivity contribution in [2.45, 2.75) is 26.9 Å². The molecule has 0 saturated carbocycles. The number of amides is 1. The second kappa shape index (κ2) is 4.65. The maximum Gasteiger partial charge on any atom is 0.298 e. The highest BCUT2D eigenvalue weighted by Crippen LogP contribution is 2.08. The molecule has 1 heterocycles. The lowest BCUT2D eigenvalue weighted by Gasteiger charge is -2.12. The third kappa shape index (κ3) is 2.59. The molecule has 0 N–H and O–H groups in total. The van der Waals surface area contributed by atoms with E-state index in [0.717, 1.165) is 17.8 Å². The lowest BCUT2D eigenvalue weighted by molar-refractivity contribution is -0.124. The molecular formula is C11H15N3O. The smallest absolute Gasteiger partial charge is 0.298 e. The van der Waals surface area contributed by atoms with Crippen LogP contribution in [0, 0.1) is 19.3 Å². The summed E-state index contributed by atoms with van der Waals surface area (Å²) in [5.74, 6) is 1.78. The lowest BCUT2D eigenvalue weighted by Crippen LogP contribution is -2.24. The quantitative estimate of drug-likeness (QED) is 0.685. The number of hydrogen-bond donors (Lipinski definition) is 0. The van der Waals surface area contributed by atoms with Crippen LogP contribution in [0.15, 0.2) is 6.20 Å². The van der Waals surface area contributed by atoms with E-state index in [1.54, 1.807) is 7.05 Å². The van der Waals surface area contributed by atoms with Crippen molar-refractivity contribution in [2.24, 2.45) is 0 Å². The van der Waals surface area contributed by atoms with Crippen LogP contribution in [0.3, 0.4) is 0 Å². The zero-order valence-corrected chi connectivity index (χ0v) is 9.32. The summed E-state index contributed by atoms with van der Waals surface area (Å²) < 4.78 is 1.85. The topological polar surface area (TPSA) is 38.1 Å². The molecule has 0 bridgehead atoms. The monoisotopic (exact) mass is 205 g/mol. The van der Waals surface area contributed by atoms with Crippen molar-refractivity contribution in [1.29, 1.82) is 0 Å². The van der Waals surface area contributed by atoms with Crippen molar-refractivity contribution < 1.29 is 4.79 Å². The van der Waals surface area contributed by atoms with Gasteiger partial charge in [0.05, 0.1) is 5.69 Å². The zero-order chi connectivity index (χ0) is 11.4. The predicted octanol–water partition coefficient (Wildman–Crippen LogP) is 0.803. The van der Waals surface area contributed by atoms with E-state index in [2.05, 4.69) is 11.0 Å². The van der Waals surface area contributed by atoms with Crippen LogP contribution in [0.1, 0.15) is 18.2 Å². The van der Waals surface area contributed by atoms with E-state index in [1.165, 1.54) is 4.90 Å².